The van der Waals surface area contributed by atoms with E-state index in [1.807, 2.05) is 0 Å². The SMILES string of the molecule is CNC1=C2C(C(F)(F)F)=NC(C(F)(F)F)=NC2N(C)N1c1c(Cl)cc(C(F)(F)F)cc1Cl. The molecular weight excluding hydrogens is 504 g/mol. The topological polar surface area (TPSA) is 43.2 Å². The molecule has 1 N–H and O–H groups in total. The molecule has 1 unspecified atom stereocenters. The molecule has 3 rings (SSSR count). The normalized spacial score (nSPS) is 20.4. The summed E-state index contributed by atoms with van der Waals surface area (Å²) in [7, 11) is 2.21. The van der Waals surface area contributed by atoms with Gasteiger partial charge in [-0.3, -0.25) is 5.01 Å². The summed E-state index contributed by atoms with van der Waals surface area (Å²) < 4.78 is 119. The van der Waals surface area contributed by atoms with Gasteiger partial charge in [-0.1, -0.05) is 23.2 Å². The van der Waals surface area contributed by atoms with Crippen molar-refractivity contribution in [3.63, 3.8) is 0 Å². The molecule has 0 saturated heterocycles. The minimum Gasteiger partial charge on any atom is -0.373 e. The number of alkyl halides is 9. The number of rotatable bonds is 2. The summed E-state index contributed by atoms with van der Waals surface area (Å²) in [4.78, 5) is 5.94. The van der Waals surface area contributed by atoms with Crippen LogP contribution in [0.25, 0.3) is 0 Å². The number of benzene rings is 1. The van der Waals surface area contributed by atoms with E-state index in [1.54, 1.807) is 0 Å². The van der Waals surface area contributed by atoms with Crippen molar-refractivity contribution in [2.24, 2.45) is 9.98 Å². The van der Waals surface area contributed by atoms with Crippen molar-refractivity contribution in [2.45, 2.75) is 24.7 Å². The van der Waals surface area contributed by atoms with E-state index in [-0.39, 0.29) is 0 Å². The standard InChI is InChI=1S/C16H10Cl2F9N5/c1-28-11-8-10(15(22,23)24)29-13(16(25,26)27)30-12(8)31(2)32(11)9-6(17)3-5(4-7(9)18)14(19,20)21/h3-4,12,28H,1-2H3. The molecule has 0 spiro atoms. The molecule has 176 valence electrons. The van der Waals surface area contributed by atoms with Crippen LogP contribution in [0, 0.1) is 0 Å². The van der Waals surface area contributed by atoms with Gasteiger partial charge in [0.2, 0.25) is 5.84 Å². The van der Waals surface area contributed by atoms with Crippen molar-refractivity contribution >= 4 is 40.4 Å². The largest absolute Gasteiger partial charge is 0.451 e. The molecule has 0 aliphatic carbocycles. The van der Waals surface area contributed by atoms with E-state index in [9.17, 15) is 39.5 Å². The van der Waals surface area contributed by atoms with E-state index in [2.05, 4.69) is 15.3 Å². The summed E-state index contributed by atoms with van der Waals surface area (Å²) in [5.41, 5.74) is -4.30. The number of hydrogen-bond acceptors (Lipinski definition) is 5. The first-order chi connectivity index (χ1) is 14.5. The van der Waals surface area contributed by atoms with Crippen LogP contribution in [0.3, 0.4) is 0 Å². The highest BCUT2D eigenvalue weighted by Gasteiger charge is 2.53. The van der Waals surface area contributed by atoms with Crippen LogP contribution in [0.15, 0.2) is 33.5 Å². The summed E-state index contributed by atoms with van der Waals surface area (Å²) in [6, 6.07) is 0.972. The number of aliphatic imine (C=N–C) groups is 2. The monoisotopic (exact) mass is 513 g/mol. The van der Waals surface area contributed by atoms with Crippen molar-refractivity contribution in [3.05, 3.63) is 39.1 Å². The number of likely N-dealkylation sites (N-methyl/N-ethyl adjacent to an activating group) is 1. The van der Waals surface area contributed by atoms with Crippen LogP contribution in [0.4, 0.5) is 45.2 Å². The third-order valence-electron chi connectivity index (χ3n) is 4.43. The fraction of sp³-hybridized carbons (Fsp3) is 0.375. The van der Waals surface area contributed by atoms with Crippen LogP contribution in [-0.2, 0) is 6.18 Å². The summed E-state index contributed by atoms with van der Waals surface area (Å²) in [6.07, 6.45) is -17.3. The fourth-order valence-corrected chi connectivity index (χ4v) is 3.83. The van der Waals surface area contributed by atoms with Crippen LogP contribution >= 0.6 is 23.2 Å². The number of fused-ring (bicyclic) bond motifs is 1. The van der Waals surface area contributed by atoms with Gasteiger partial charge in [-0.25, -0.2) is 9.98 Å². The summed E-state index contributed by atoms with van der Waals surface area (Å²) in [5.74, 6) is -2.49. The van der Waals surface area contributed by atoms with E-state index in [0.717, 1.165) is 24.1 Å². The zero-order chi connectivity index (χ0) is 24.4. The van der Waals surface area contributed by atoms with Crippen LogP contribution in [-0.4, -0.2) is 49.2 Å². The lowest BCUT2D eigenvalue weighted by Crippen LogP contribution is -2.44. The third-order valence-corrected chi connectivity index (χ3v) is 5.00. The molecule has 16 heteroatoms. The third kappa shape index (κ3) is 4.10. The molecule has 1 atom stereocenters. The first-order valence-corrected chi connectivity index (χ1v) is 9.06. The Morgan fingerprint density at radius 3 is 1.84 bits per heavy atom. The van der Waals surface area contributed by atoms with Gasteiger partial charge in [0.15, 0.2) is 11.9 Å². The number of amidine groups is 1. The molecule has 2 aliphatic rings. The van der Waals surface area contributed by atoms with Gasteiger partial charge in [0.25, 0.3) is 0 Å². The average Bonchev–Trinajstić information content (AvgIpc) is 2.90. The lowest BCUT2D eigenvalue weighted by atomic mass is 10.1. The quantitative estimate of drug-likeness (QED) is 0.537. The van der Waals surface area contributed by atoms with Crippen LogP contribution in [0.1, 0.15) is 5.56 Å². The van der Waals surface area contributed by atoms with Crippen molar-refractivity contribution in [3.8, 4) is 0 Å². The van der Waals surface area contributed by atoms with Gasteiger partial charge in [-0.15, -0.1) is 0 Å². The Hall–Kier alpha value is -2.19. The minimum atomic E-state index is -5.31. The van der Waals surface area contributed by atoms with Crippen LogP contribution in [0.5, 0.6) is 0 Å². The molecule has 0 radical (unpaired) electrons. The second-order valence-electron chi connectivity index (χ2n) is 6.47. The maximum atomic E-state index is 13.6. The molecule has 0 amide bonds. The predicted molar refractivity (Wildman–Crippen MR) is 98.6 cm³/mol. The number of anilines is 1. The minimum absolute atomic E-state index is 0.402. The molecule has 32 heavy (non-hydrogen) atoms. The predicted octanol–water partition coefficient (Wildman–Crippen LogP) is 5.41. The highest BCUT2D eigenvalue weighted by atomic mass is 35.5. The van der Waals surface area contributed by atoms with Crippen molar-refractivity contribution in [1.82, 2.24) is 10.3 Å². The summed E-state index contributed by atoms with van der Waals surface area (Å²) >= 11 is 11.9. The molecule has 0 saturated carbocycles. The molecule has 0 fully saturated rings. The van der Waals surface area contributed by atoms with E-state index in [1.165, 1.54) is 0 Å². The zero-order valence-electron chi connectivity index (χ0n) is 15.7. The van der Waals surface area contributed by atoms with Gasteiger partial charge in [-0.2, -0.15) is 44.5 Å². The molecule has 1 aromatic rings. The number of hydrogen-bond donors (Lipinski definition) is 1. The number of nitrogens with zero attached hydrogens (tertiary/aromatic N) is 4. The Bertz CT molecular complexity index is 1020. The van der Waals surface area contributed by atoms with Gasteiger partial charge in [0, 0.05) is 14.1 Å². The van der Waals surface area contributed by atoms with Crippen molar-refractivity contribution < 1.29 is 39.5 Å². The zero-order valence-corrected chi connectivity index (χ0v) is 17.2. The Morgan fingerprint density at radius 1 is 0.906 bits per heavy atom. The number of hydrazine groups is 1. The highest BCUT2D eigenvalue weighted by molar-refractivity contribution is 6.39. The first-order valence-electron chi connectivity index (χ1n) is 8.30. The van der Waals surface area contributed by atoms with Gasteiger partial charge >= 0.3 is 18.5 Å². The molecule has 5 nitrogen and oxygen atoms in total. The highest BCUT2D eigenvalue weighted by Crippen LogP contribution is 2.46. The van der Waals surface area contributed by atoms with E-state index < -0.39 is 68.9 Å². The molecule has 2 heterocycles. The molecular formula is C16H10Cl2F9N5. The van der Waals surface area contributed by atoms with E-state index in [4.69, 9.17) is 23.2 Å². The maximum absolute atomic E-state index is 13.6. The second-order valence-corrected chi connectivity index (χ2v) is 7.28. The van der Waals surface area contributed by atoms with Crippen LogP contribution < -0.4 is 10.3 Å². The fourth-order valence-electron chi connectivity index (χ4n) is 3.18. The summed E-state index contributed by atoms with van der Waals surface area (Å²) in [5, 5.41) is 2.78. The Kier molecular flexibility index (Phi) is 5.88. The number of halogens is 11. The first kappa shape index (κ1) is 24.5. The lowest BCUT2D eigenvalue weighted by molar-refractivity contribution is -0.137. The molecule has 2 aliphatic heterocycles. The van der Waals surface area contributed by atoms with Crippen molar-refractivity contribution in [2.75, 3.05) is 19.1 Å². The average molecular weight is 514 g/mol. The Morgan fingerprint density at radius 2 is 1.44 bits per heavy atom. The molecule has 0 aromatic heterocycles. The Balaban J connectivity index is 2.26. The smallest absolute Gasteiger partial charge is 0.373 e. The lowest BCUT2D eigenvalue weighted by Gasteiger charge is -2.32. The van der Waals surface area contributed by atoms with E-state index >= 15 is 0 Å². The maximum Gasteiger partial charge on any atom is 0.451 e. The van der Waals surface area contributed by atoms with Crippen LogP contribution in [0.2, 0.25) is 10.0 Å². The molecule has 1 aromatic carbocycles. The van der Waals surface area contributed by atoms with E-state index in [0.29, 0.717) is 12.1 Å². The Labute approximate surface area is 183 Å². The van der Waals surface area contributed by atoms with Gasteiger partial charge in [0.1, 0.15) is 5.82 Å². The van der Waals surface area contributed by atoms with Crippen molar-refractivity contribution in [1.29, 1.82) is 0 Å². The van der Waals surface area contributed by atoms with Gasteiger partial charge < -0.3 is 5.32 Å². The second kappa shape index (κ2) is 7.70. The van der Waals surface area contributed by atoms with Gasteiger partial charge in [-0.05, 0) is 12.1 Å². The molecule has 0 bridgehead atoms. The number of nitrogens with one attached hydrogen (secondary N) is 1. The van der Waals surface area contributed by atoms with Gasteiger partial charge in [0.05, 0.1) is 26.9 Å². The summed E-state index contributed by atoms with van der Waals surface area (Å²) in [6.45, 7) is 0.